The SMILES string of the molecule is CCCN(c1ccn(C(=O)NC)c(=N)c1)c1ncc(C(=O)N(C)CCOC)cc1C1CCC1. The summed E-state index contributed by atoms with van der Waals surface area (Å²) in [5.41, 5.74) is 2.52. The molecule has 33 heavy (non-hydrogen) atoms. The van der Waals surface area contributed by atoms with Crippen LogP contribution in [0.15, 0.2) is 30.6 Å². The van der Waals surface area contributed by atoms with Crippen LogP contribution in [-0.2, 0) is 4.74 Å². The number of hydrogen-bond donors (Lipinski definition) is 2. The van der Waals surface area contributed by atoms with Crippen LogP contribution in [0.5, 0.6) is 0 Å². The number of hydrogen-bond acceptors (Lipinski definition) is 6. The van der Waals surface area contributed by atoms with Crippen molar-refractivity contribution in [1.29, 1.82) is 5.41 Å². The van der Waals surface area contributed by atoms with Gasteiger partial charge in [0.05, 0.1) is 12.2 Å². The highest BCUT2D eigenvalue weighted by Gasteiger charge is 2.27. The Morgan fingerprint density at radius 2 is 2.06 bits per heavy atom. The highest BCUT2D eigenvalue weighted by atomic mass is 16.5. The first kappa shape index (κ1) is 24.4. The van der Waals surface area contributed by atoms with Gasteiger partial charge in [-0.05, 0) is 42.9 Å². The molecule has 1 aliphatic rings. The lowest BCUT2D eigenvalue weighted by molar-refractivity contribution is 0.0743. The van der Waals surface area contributed by atoms with E-state index in [-0.39, 0.29) is 17.4 Å². The molecule has 0 unspecified atom stereocenters. The molecule has 0 aliphatic heterocycles. The van der Waals surface area contributed by atoms with Gasteiger partial charge in [0.25, 0.3) is 5.91 Å². The van der Waals surface area contributed by atoms with Crippen LogP contribution in [0.3, 0.4) is 0 Å². The number of carbonyl (C=O) groups excluding carboxylic acids is 2. The zero-order valence-electron chi connectivity index (χ0n) is 19.9. The molecule has 0 spiro atoms. The molecule has 0 saturated heterocycles. The van der Waals surface area contributed by atoms with Crippen LogP contribution in [0.25, 0.3) is 0 Å². The van der Waals surface area contributed by atoms with E-state index < -0.39 is 0 Å². The van der Waals surface area contributed by atoms with E-state index in [4.69, 9.17) is 15.1 Å². The maximum atomic E-state index is 12.9. The van der Waals surface area contributed by atoms with Crippen molar-refractivity contribution in [3.63, 3.8) is 0 Å². The maximum Gasteiger partial charge on any atom is 0.326 e. The molecular formula is C24H34N6O3. The summed E-state index contributed by atoms with van der Waals surface area (Å²) in [6.45, 7) is 3.79. The second kappa shape index (κ2) is 11.1. The molecule has 0 atom stereocenters. The van der Waals surface area contributed by atoms with Gasteiger partial charge < -0.3 is 19.9 Å². The van der Waals surface area contributed by atoms with Gasteiger partial charge in [0.15, 0.2) is 0 Å². The highest BCUT2D eigenvalue weighted by molar-refractivity contribution is 5.94. The maximum absolute atomic E-state index is 12.9. The van der Waals surface area contributed by atoms with E-state index in [0.29, 0.717) is 31.2 Å². The quantitative estimate of drug-likeness (QED) is 0.606. The fourth-order valence-corrected chi connectivity index (χ4v) is 3.92. The number of pyridine rings is 2. The van der Waals surface area contributed by atoms with E-state index in [1.165, 1.54) is 11.6 Å². The van der Waals surface area contributed by atoms with Crippen LogP contribution < -0.4 is 15.7 Å². The smallest absolute Gasteiger partial charge is 0.326 e. The Morgan fingerprint density at radius 1 is 1.30 bits per heavy atom. The minimum Gasteiger partial charge on any atom is -0.383 e. The van der Waals surface area contributed by atoms with Crippen molar-refractivity contribution in [3.8, 4) is 0 Å². The Morgan fingerprint density at radius 3 is 2.64 bits per heavy atom. The lowest BCUT2D eigenvalue weighted by atomic mass is 9.79. The van der Waals surface area contributed by atoms with E-state index in [1.807, 2.05) is 12.1 Å². The minimum atomic E-state index is -0.359. The number of anilines is 2. The highest BCUT2D eigenvalue weighted by Crippen LogP contribution is 2.42. The summed E-state index contributed by atoms with van der Waals surface area (Å²) in [6, 6.07) is 5.12. The molecule has 1 saturated carbocycles. The first-order valence-electron chi connectivity index (χ1n) is 11.4. The third-order valence-electron chi connectivity index (χ3n) is 6.05. The van der Waals surface area contributed by atoms with Crippen LogP contribution >= 0.6 is 0 Å². The zero-order chi connectivity index (χ0) is 24.0. The monoisotopic (exact) mass is 454 g/mol. The number of nitrogens with one attached hydrogen (secondary N) is 2. The van der Waals surface area contributed by atoms with Gasteiger partial charge in [-0.3, -0.25) is 14.8 Å². The fourth-order valence-electron chi connectivity index (χ4n) is 3.92. The Hall–Kier alpha value is -3.20. The van der Waals surface area contributed by atoms with Gasteiger partial charge in [0.1, 0.15) is 11.3 Å². The molecule has 2 amide bonds. The van der Waals surface area contributed by atoms with Gasteiger partial charge in [0, 0.05) is 58.4 Å². The van der Waals surface area contributed by atoms with E-state index in [0.717, 1.165) is 42.8 Å². The lowest BCUT2D eigenvalue weighted by Crippen LogP contribution is -2.34. The Kier molecular flexibility index (Phi) is 8.21. The zero-order valence-corrected chi connectivity index (χ0v) is 19.9. The first-order valence-corrected chi connectivity index (χ1v) is 11.4. The van der Waals surface area contributed by atoms with Gasteiger partial charge in [-0.25, -0.2) is 9.78 Å². The van der Waals surface area contributed by atoms with Gasteiger partial charge >= 0.3 is 6.03 Å². The molecule has 2 aromatic rings. The molecule has 9 heteroatoms. The molecule has 0 radical (unpaired) electrons. The molecule has 2 N–H and O–H groups in total. The first-order chi connectivity index (χ1) is 15.9. The molecule has 1 aliphatic carbocycles. The normalized spacial score (nSPS) is 13.3. The largest absolute Gasteiger partial charge is 0.383 e. The van der Waals surface area contributed by atoms with Crippen molar-refractivity contribution in [1.82, 2.24) is 19.8 Å². The molecule has 2 heterocycles. The van der Waals surface area contributed by atoms with Crippen molar-refractivity contribution in [3.05, 3.63) is 47.2 Å². The average molecular weight is 455 g/mol. The number of carbonyl (C=O) groups is 2. The summed E-state index contributed by atoms with van der Waals surface area (Å²) in [7, 11) is 4.92. The number of likely N-dealkylation sites (N-methyl/N-ethyl adjacent to an activating group) is 1. The Labute approximate surface area is 194 Å². The summed E-state index contributed by atoms with van der Waals surface area (Å²) in [4.78, 5) is 33.4. The number of ether oxygens (including phenoxy) is 1. The summed E-state index contributed by atoms with van der Waals surface area (Å²) in [5, 5.41) is 10.8. The van der Waals surface area contributed by atoms with Gasteiger partial charge in [-0.1, -0.05) is 13.3 Å². The minimum absolute atomic E-state index is 0.0755. The van der Waals surface area contributed by atoms with Crippen molar-refractivity contribution in [2.75, 3.05) is 45.8 Å². The standard InChI is InChI=1S/C24H34N6O3/c1-5-10-29(19-9-11-30(21(25)15-19)24(32)26-2)22-20(17-7-6-8-17)14-18(16-27-22)23(31)28(3)12-13-33-4/h9,11,14-17,25H,5-8,10,12-13H2,1-4H3,(H,26,32). The fraction of sp³-hybridized carbons (Fsp3) is 0.500. The van der Waals surface area contributed by atoms with E-state index >= 15 is 0 Å². The summed E-state index contributed by atoms with van der Waals surface area (Å²) >= 11 is 0. The number of nitrogens with zero attached hydrogens (tertiary/aromatic N) is 4. The molecule has 2 aromatic heterocycles. The predicted molar refractivity (Wildman–Crippen MR) is 127 cm³/mol. The molecule has 0 bridgehead atoms. The van der Waals surface area contributed by atoms with Crippen molar-refractivity contribution in [2.45, 2.75) is 38.5 Å². The Balaban J connectivity index is 2.01. The van der Waals surface area contributed by atoms with Crippen molar-refractivity contribution < 1.29 is 14.3 Å². The number of aromatic nitrogens is 2. The van der Waals surface area contributed by atoms with Gasteiger partial charge in [0.2, 0.25) is 0 Å². The van der Waals surface area contributed by atoms with Crippen LogP contribution in [0.4, 0.5) is 16.3 Å². The third kappa shape index (κ3) is 5.42. The molecule has 3 rings (SSSR count). The topological polar surface area (TPSA) is 104 Å². The number of rotatable bonds is 9. The number of methoxy groups -OCH3 is 1. The lowest BCUT2D eigenvalue weighted by Gasteiger charge is -2.32. The van der Waals surface area contributed by atoms with Crippen LogP contribution in [0, 0.1) is 5.41 Å². The molecule has 9 nitrogen and oxygen atoms in total. The average Bonchev–Trinajstić information content (AvgIpc) is 2.79. The van der Waals surface area contributed by atoms with E-state index in [9.17, 15) is 9.59 Å². The summed E-state index contributed by atoms with van der Waals surface area (Å²) < 4.78 is 6.35. The third-order valence-corrected chi connectivity index (χ3v) is 6.05. The second-order valence-corrected chi connectivity index (χ2v) is 8.33. The number of amides is 2. The molecule has 0 aromatic carbocycles. The predicted octanol–water partition coefficient (Wildman–Crippen LogP) is 3.08. The Bertz CT molecular complexity index is 1050. The van der Waals surface area contributed by atoms with Crippen LogP contribution in [-0.4, -0.2) is 67.3 Å². The van der Waals surface area contributed by atoms with E-state index in [1.54, 1.807) is 37.5 Å². The van der Waals surface area contributed by atoms with Gasteiger partial charge in [-0.15, -0.1) is 0 Å². The molecular weight excluding hydrogens is 420 g/mol. The second-order valence-electron chi connectivity index (χ2n) is 8.33. The van der Waals surface area contributed by atoms with Crippen molar-refractivity contribution >= 4 is 23.4 Å². The van der Waals surface area contributed by atoms with E-state index in [2.05, 4.69) is 17.1 Å². The summed E-state index contributed by atoms with van der Waals surface area (Å²) in [6.07, 6.45) is 7.43. The molecule has 1 fully saturated rings. The molecule has 178 valence electrons. The summed E-state index contributed by atoms with van der Waals surface area (Å²) in [5.74, 6) is 1.10. The van der Waals surface area contributed by atoms with Crippen molar-refractivity contribution in [2.24, 2.45) is 0 Å². The van der Waals surface area contributed by atoms with Crippen LogP contribution in [0.2, 0.25) is 0 Å². The van der Waals surface area contributed by atoms with Crippen LogP contribution in [0.1, 0.15) is 54.4 Å². The van der Waals surface area contributed by atoms with Gasteiger partial charge in [-0.2, -0.15) is 0 Å².